The predicted octanol–water partition coefficient (Wildman–Crippen LogP) is 4.11. The van der Waals surface area contributed by atoms with Crippen molar-refractivity contribution in [3.63, 3.8) is 0 Å². The number of morpholine rings is 1. The lowest BCUT2D eigenvalue weighted by Crippen LogP contribution is -2.59. The van der Waals surface area contributed by atoms with Crippen LogP contribution in [0.2, 0.25) is 5.02 Å². The number of halogens is 4. The van der Waals surface area contributed by atoms with Gasteiger partial charge in [-0.3, -0.25) is 14.6 Å². The van der Waals surface area contributed by atoms with Crippen molar-refractivity contribution in [3.8, 4) is 0 Å². The van der Waals surface area contributed by atoms with Crippen LogP contribution in [0, 0.1) is 0 Å². The lowest BCUT2D eigenvalue weighted by Gasteiger charge is -2.47. The molecule has 4 fully saturated rings. The fourth-order valence-corrected chi connectivity index (χ4v) is 8.83. The molecular formula is C41H53ClF3N7O8. The summed E-state index contributed by atoms with van der Waals surface area (Å²) in [6, 6.07) is 9.58. The molecule has 0 bridgehead atoms. The summed E-state index contributed by atoms with van der Waals surface area (Å²) in [6.45, 7) is 6.81. The number of carbonyl (C=O) groups excluding carboxylic acids is 4. The molecule has 5 aliphatic heterocycles. The Bertz CT molecular complexity index is 1850. The fourth-order valence-electron chi connectivity index (χ4n) is 8.58. The number of para-hydroxylation sites is 1. The van der Waals surface area contributed by atoms with E-state index in [9.17, 15) is 32.3 Å². The summed E-state index contributed by atoms with van der Waals surface area (Å²) in [5.74, 6) is -0.923. The minimum Gasteiger partial charge on any atom is -0.463 e. The van der Waals surface area contributed by atoms with Crippen molar-refractivity contribution in [1.29, 1.82) is 0 Å². The molecule has 3 N–H and O–H groups in total. The first-order valence-corrected chi connectivity index (χ1v) is 21.1. The van der Waals surface area contributed by atoms with Gasteiger partial charge in [-0.15, -0.1) is 0 Å². The number of likely N-dealkylation sites (tertiary alicyclic amines) is 3. The number of piperidine rings is 2. The average molecular weight is 864 g/mol. The molecule has 4 saturated heterocycles. The fraction of sp³-hybridized carbons (Fsp3) is 0.610. The van der Waals surface area contributed by atoms with Crippen LogP contribution in [0.1, 0.15) is 42.4 Å². The molecule has 0 saturated carbocycles. The molecule has 0 spiro atoms. The quantitative estimate of drug-likeness (QED) is 0.234. The highest BCUT2D eigenvalue weighted by Gasteiger charge is 2.40. The third-order valence-corrected chi connectivity index (χ3v) is 12.4. The maximum atomic E-state index is 14.1. The Morgan fingerprint density at radius 1 is 0.933 bits per heavy atom. The van der Waals surface area contributed by atoms with Crippen molar-refractivity contribution in [2.24, 2.45) is 0 Å². The van der Waals surface area contributed by atoms with Crippen molar-refractivity contribution in [3.05, 3.63) is 58.1 Å². The van der Waals surface area contributed by atoms with Gasteiger partial charge in [0, 0.05) is 89.6 Å². The van der Waals surface area contributed by atoms with E-state index < -0.39 is 41.5 Å². The van der Waals surface area contributed by atoms with Crippen LogP contribution in [0.25, 0.3) is 0 Å². The molecule has 0 aromatic heterocycles. The summed E-state index contributed by atoms with van der Waals surface area (Å²) in [5, 5.41) is 2.66. The number of amides is 4. The van der Waals surface area contributed by atoms with E-state index in [1.165, 1.54) is 11.0 Å². The Morgan fingerprint density at radius 3 is 2.33 bits per heavy atom. The Hall–Kier alpha value is -4.36. The summed E-state index contributed by atoms with van der Waals surface area (Å²) in [5.41, 5.74) is 5.78. The highest BCUT2D eigenvalue weighted by molar-refractivity contribution is 6.33. The standard InChI is InChI=1S/C41H53ClF3N7O8/c42-33-22-27(21-32(37(33)46)41(43,44)45)23-35(60-40(56)50-12-8-30(9-13-50)52-14-5-28-3-1-2-4-34(28)47-39(52)55)38(54)49-10-6-29(7-11-49)51-24-31(25-51)59-26-36(53)58-20-17-48-15-18-57-19-16-48/h1-4,21-22,29-31,35H,5-20,23-26,46H2,(H,47,55)/t35-/m1/s1. The Morgan fingerprint density at radius 2 is 1.62 bits per heavy atom. The van der Waals surface area contributed by atoms with E-state index in [-0.39, 0.29) is 60.9 Å². The number of nitrogens with two attached hydrogens (primary N) is 1. The van der Waals surface area contributed by atoms with Crippen LogP contribution in [-0.2, 0) is 47.6 Å². The van der Waals surface area contributed by atoms with E-state index in [0.717, 1.165) is 30.4 Å². The molecular weight excluding hydrogens is 811 g/mol. The number of carbonyl (C=O) groups is 4. The van der Waals surface area contributed by atoms with Gasteiger partial charge in [0.2, 0.25) is 0 Å². The monoisotopic (exact) mass is 863 g/mol. The van der Waals surface area contributed by atoms with Crippen LogP contribution in [-0.4, -0.2) is 165 Å². The maximum Gasteiger partial charge on any atom is 0.418 e. The van der Waals surface area contributed by atoms with Crippen molar-refractivity contribution in [1.82, 2.24) is 24.5 Å². The maximum absolute atomic E-state index is 14.1. The van der Waals surface area contributed by atoms with Crippen LogP contribution < -0.4 is 11.1 Å². The SMILES string of the molecule is Nc1c(Cl)cc(C[C@@H](OC(=O)N2CCC(N3CCc4ccccc4NC3=O)CC2)C(=O)N2CCC(N3CC(OCC(=O)OCCN4CCOCC4)C3)CC2)cc1C(F)(F)F. The molecule has 328 valence electrons. The number of esters is 1. The zero-order valence-electron chi connectivity index (χ0n) is 33.5. The Balaban J connectivity index is 0.913. The second-order valence-corrected chi connectivity index (χ2v) is 16.4. The molecule has 0 unspecified atom stereocenters. The normalized spacial score (nSPS) is 20.8. The van der Waals surface area contributed by atoms with E-state index in [2.05, 4.69) is 15.1 Å². The molecule has 15 nitrogen and oxygen atoms in total. The number of anilines is 2. The van der Waals surface area contributed by atoms with Gasteiger partial charge >= 0.3 is 24.3 Å². The van der Waals surface area contributed by atoms with Crippen LogP contribution in [0.4, 0.5) is 34.1 Å². The van der Waals surface area contributed by atoms with Gasteiger partial charge in [0.15, 0.2) is 6.10 Å². The van der Waals surface area contributed by atoms with Gasteiger partial charge in [-0.1, -0.05) is 29.8 Å². The number of fused-ring (bicyclic) bond motifs is 1. The molecule has 4 amide bonds. The van der Waals surface area contributed by atoms with E-state index >= 15 is 0 Å². The zero-order chi connectivity index (χ0) is 42.4. The summed E-state index contributed by atoms with van der Waals surface area (Å²) in [4.78, 5) is 62.4. The summed E-state index contributed by atoms with van der Waals surface area (Å²) in [6.07, 6.45) is -4.56. The predicted molar refractivity (Wildman–Crippen MR) is 214 cm³/mol. The molecule has 19 heteroatoms. The van der Waals surface area contributed by atoms with Gasteiger partial charge in [-0.05, 0) is 61.4 Å². The number of urea groups is 1. The minimum absolute atomic E-state index is 0.0436. The molecule has 0 aliphatic carbocycles. The van der Waals surface area contributed by atoms with Gasteiger partial charge < -0.3 is 44.7 Å². The largest absolute Gasteiger partial charge is 0.463 e. The Labute approximate surface area is 352 Å². The van der Waals surface area contributed by atoms with Gasteiger partial charge in [-0.2, -0.15) is 13.2 Å². The highest BCUT2D eigenvalue weighted by Crippen LogP contribution is 2.38. The Kier molecular flexibility index (Phi) is 14.3. The van der Waals surface area contributed by atoms with Crippen LogP contribution in [0.15, 0.2) is 36.4 Å². The van der Waals surface area contributed by atoms with Crippen LogP contribution >= 0.6 is 11.6 Å². The molecule has 60 heavy (non-hydrogen) atoms. The number of nitrogens with zero attached hydrogens (tertiary/aromatic N) is 5. The van der Waals surface area contributed by atoms with Gasteiger partial charge in [0.05, 0.1) is 35.6 Å². The first-order valence-electron chi connectivity index (χ1n) is 20.7. The number of nitrogens with one attached hydrogen (secondary N) is 1. The number of ether oxygens (including phenoxy) is 4. The summed E-state index contributed by atoms with van der Waals surface area (Å²) >= 11 is 6.14. The lowest BCUT2D eigenvalue weighted by molar-refractivity contribution is -0.157. The molecule has 7 rings (SSSR count). The number of rotatable bonds is 12. The van der Waals surface area contributed by atoms with E-state index in [4.69, 9.17) is 36.3 Å². The number of hydrogen-bond donors (Lipinski definition) is 2. The third kappa shape index (κ3) is 10.9. The zero-order valence-corrected chi connectivity index (χ0v) is 34.3. The smallest absolute Gasteiger partial charge is 0.418 e. The van der Waals surface area contributed by atoms with Crippen molar-refractivity contribution in [2.45, 2.75) is 69.0 Å². The molecule has 2 aromatic carbocycles. The molecule has 2 aromatic rings. The molecule has 5 aliphatic rings. The van der Waals surface area contributed by atoms with Gasteiger partial charge in [-0.25, -0.2) is 14.4 Å². The van der Waals surface area contributed by atoms with Crippen molar-refractivity contribution < 1.29 is 51.3 Å². The van der Waals surface area contributed by atoms with Crippen molar-refractivity contribution >= 4 is 47.0 Å². The first-order chi connectivity index (χ1) is 28.8. The highest BCUT2D eigenvalue weighted by atomic mass is 35.5. The average Bonchev–Trinajstić information content (AvgIpc) is 3.39. The minimum atomic E-state index is -4.80. The van der Waals surface area contributed by atoms with Gasteiger partial charge in [0.1, 0.15) is 13.2 Å². The molecule has 5 heterocycles. The van der Waals surface area contributed by atoms with Crippen LogP contribution in [0.5, 0.6) is 0 Å². The van der Waals surface area contributed by atoms with E-state index in [0.29, 0.717) is 91.2 Å². The number of alkyl halides is 3. The lowest BCUT2D eigenvalue weighted by atomic mass is 9.97. The van der Waals surface area contributed by atoms with Gasteiger partial charge in [0.25, 0.3) is 5.91 Å². The summed E-state index contributed by atoms with van der Waals surface area (Å²) < 4.78 is 64.0. The van der Waals surface area contributed by atoms with E-state index in [1.54, 1.807) is 9.80 Å². The topological polar surface area (TPSA) is 159 Å². The second-order valence-electron chi connectivity index (χ2n) is 16.0. The number of nitrogen functional groups attached to an aromatic ring is 1. The second kappa shape index (κ2) is 19.6. The molecule has 1 atom stereocenters. The van der Waals surface area contributed by atoms with Crippen molar-refractivity contribution in [2.75, 3.05) is 103 Å². The molecule has 0 radical (unpaired) electrons. The number of hydrogen-bond acceptors (Lipinski definition) is 11. The number of benzene rings is 2. The third-order valence-electron chi connectivity index (χ3n) is 12.1. The summed E-state index contributed by atoms with van der Waals surface area (Å²) in [7, 11) is 0. The first kappa shape index (κ1) is 43.7. The van der Waals surface area contributed by atoms with E-state index in [1.807, 2.05) is 24.3 Å². The van der Waals surface area contributed by atoms with Crippen LogP contribution in [0.3, 0.4) is 0 Å².